The van der Waals surface area contributed by atoms with Crippen molar-refractivity contribution in [1.82, 2.24) is 5.16 Å². The third kappa shape index (κ3) is 4.04. The van der Waals surface area contributed by atoms with Crippen LogP contribution in [0.3, 0.4) is 0 Å². The van der Waals surface area contributed by atoms with E-state index in [2.05, 4.69) is 21.9 Å². The van der Waals surface area contributed by atoms with Crippen molar-refractivity contribution in [3.05, 3.63) is 35.2 Å². The summed E-state index contributed by atoms with van der Waals surface area (Å²) in [6.45, 7) is 7.42. The topological polar surface area (TPSA) is 100 Å². The Morgan fingerprint density at radius 2 is 2.17 bits per heavy atom. The number of carbonyl (C=O) groups excluding carboxylic acids is 1. The fourth-order valence-corrected chi connectivity index (χ4v) is 2.15. The van der Waals surface area contributed by atoms with Crippen LogP contribution >= 0.6 is 0 Å². The minimum Gasteiger partial charge on any atom is -0.490 e. The molecule has 0 radical (unpaired) electrons. The summed E-state index contributed by atoms with van der Waals surface area (Å²) in [5.74, 6) is 1.03. The zero-order valence-electron chi connectivity index (χ0n) is 14.1. The number of carbonyl (C=O) groups is 1. The van der Waals surface area contributed by atoms with E-state index in [9.17, 15) is 10.1 Å². The van der Waals surface area contributed by atoms with Crippen molar-refractivity contribution in [3.8, 4) is 11.8 Å². The number of amides is 2. The first-order valence-corrected chi connectivity index (χ1v) is 7.68. The largest absolute Gasteiger partial charge is 0.490 e. The summed E-state index contributed by atoms with van der Waals surface area (Å²) in [4.78, 5) is 12.2. The minimum atomic E-state index is -0.433. The van der Waals surface area contributed by atoms with Gasteiger partial charge in [-0.25, -0.2) is 4.79 Å². The highest BCUT2D eigenvalue weighted by molar-refractivity contribution is 6.00. The highest BCUT2D eigenvalue weighted by Gasteiger charge is 2.15. The third-order valence-electron chi connectivity index (χ3n) is 3.23. The van der Waals surface area contributed by atoms with Gasteiger partial charge < -0.3 is 19.9 Å². The third-order valence-corrected chi connectivity index (χ3v) is 3.23. The van der Waals surface area contributed by atoms with E-state index in [1.165, 1.54) is 0 Å². The standard InChI is InChI=1S/C17H20N4O3/c1-5-14-16(11(4)24-21-14)20-17(22)19-13-6-7-15(23-10(2)3)12(8-13)9-18/h6-8,10H,5H2,1-4H3,(H2,19,20,22). The Hall–Kier alpha value is -3.01. The lowest BCUT2D eigenvalue weighted by atomic mass is 10.2. The first-order valence-electron chi connectivity index (χ1n) is 7.68. The van der Waals surface area contributed by atoms with E-state index in [-0.39, 0.29) is 6.10 Å². The average molecular weight is 328 g/mol. The lowest BCUT2D eigenvalue weighted by Gasteiger charge is -2.13. The van der Waals surface area contributed by atoms with E-state index in [0.717, 1.165) is 0 Å². The minimum absolute atomic E-state index is 0.0387. The van der Waals surface area contributed by atoms with Crippen LogP contribution in [0.4, 0.5) is 16.2 Å². The highest BCUT2D eigenvalue weighted by Crippen LogP contribution is 2.24. The molecular weight excluding hydrogens is 308 g/mol. The number of aromatic nitrogens is 1. The fraction of sp³-hybridized carbons (Fsp3) is 0.353. The molecule has 24 heavy (non-hydrogen) atoms. The predicted molar refractivity (Wildman–Crippen MR) is 90.2 cm³/mol. The maximum Gasteiger partial charge on any atom is 0.323 e. The molecular formula is C17H20N4O3. The van der Waals surface area contributed by atoms with Gasteiger partial charge in [0.05, 0.1) is 11.7 Å². The van der Waals surface area contributed by atoms with Crippen molar-refractivity contribution >= 4 is 17.4 Å². The summed E-state index contributed by atoms with van der Waals surface area (Å²) in [5.41, 5.74) is 2.10. The molecule has 0 fully saturated rings. The number of nitrogens with one attached hydrogen (secondary N) is 2. The van der Waals surface area contributed by atoms with Crippen molar-refractivity contribution < 1.29 is 14.1 Å². The number of urea groups is 1. The molecule has 126 valence electrons. The molecule has 2 aromatic rings. The Morgan fingerprint density at radius 3 is 2.79 bits per heavy atom. The number of nitrogens with zero attached hydrogens (tertiary/aromatic N) is 2. The Bertz CT molecular complexity index is 775. The molecule has 0 aliphatic rings. The molecule has 2 amide bonds. The number of anilines is 2. The molecule has 0 aliphatic carbocycles. The Morgan fingerprint density at radius 1 is 1.42 bits per heavy atom. The molecule has 1 heterocycles. The van der Waals surface area contributed by atoms with E-state index >= 15 is 0 Å². The average Bonchev–Trinajstić information content (AvgIpc) is 2.88. The maximum absolute atomic E-state index is 12.2. The van der Waals surface area contributed by atoms with Crippen LogP contribution in [-0.2, 0) is 6.42 Å². The molecule has 1 aromatic carbocycles. The molecule has 1 aromatic heterocycles. The van der Waals surface area contributed by atoms with E-state index in [1.807, 2.05) is 20.8 Å². The van der Waals surface area contributed by atoms with Crippen LogP contribution in [0, 0.1) is 18.3 Å². The molecule has 0 saturated carbocycles. The number of benzene rings is 1. The molecule has 0 spiro atoms. The summed E-state index contributed by atoms with van der Waals surface area (Å²) >= 11 is 0. The first kappa shape index (κ1) is 17.3. The van der Waals surface area contributed by atoms with Crippen molar-refractivity contribution in [2.75, 3.05) is 10.6 Å². The number of aryl methyl sites for hydroxylation is 2. The fourth-order valence-electron chi connectivity index (χ4n) is 2.15. The van der Waals surface area contributed by atoms with Gasteiger partial charge in [0.2, 0.25) is 0 Å². The first-order chi connectivity index (χ1) is 11.4. The zero-order chi connectivity index (χ0) is 17.7. The molecule has 7 heteroatoms. The summed E-state index contributed by atoms with van der Waals surface area (Å²) < 4.78 is 10.6. The SMILES string of the molecule is CCc1noc(C)c1NC(=O)Nc1ccc(OC(C)C)c(C#N)c1. The summed E-state index contributed by atoms with van der Waals surface area (Å²) in [6.07, 6.45) is 0.607. The van der Waals surface area contributed by atoms with Gasteiger partial charge in [-0.05, 0) is 45.4 Å². The van der Waals surface area contributed by atoms with Gasteiger partial charge in [0.25, 0.3) is 0 Å². The number of hydrogen-bond donors (Lipinski definition) is 2. The normalized spacial score (nSPS) is 10.3. The molecule has 0 aliphatic heterocycles. The summed E-state index contributed by atoms with van der Waals surface area (Å²) in [6, 6.07) is 6.54. The van der Waals surface area contributed by atoms with Gasteiger partial charge in [0, 0.05) is 5.69 Å². The summed E-state index contributed by atoms with van der Waals surface area (Å²) in [7, 11) is 0. The van der Waals surface area contributed by atoms with Gasteiger partial charge in [-0.2, -0.15) is 5.26 Å². The van der Waals surface area contributed by atoms with Gasteiger partial charge in [-0.1, -0.05) is 12.1 Å². The molecule has 0 unspecified atom stereocenters. The van der Waals surface area contributed by atoms with Gasteiger partial charge in [0.15, 0.2) is 5.76 Å². The van der Waals surface area contributed by atoms with Crippen LogP contribution in [0.25, 0.3) is 0 Å². The number of nitriles is 1. The van der Waals surface area contributed by atoms with Crippen molar-refractivity contribution in [2.45, 2.75) is 40.2 Å². The van der Waals surface area contributed by atoms with Crippen molar-refractivity contribution in [3.63, 3.8) is 0 Å². The Balaban J connectivity index is 2.12. The Kier molecular flexibility index (Phi) is 5.42. The number of ether oxygens (including phenoxy) is 1. The smallest absolute Gasteiger partial charge is 0.323 e. The van der Waals surface area contributed by atoms with E-state index in [4.69, 9.17) is 9.26 Å². The van der Waals surface area contributed by atoms with Crippen molar-refractivity contribution in [2.24, 2.45) is 0 Å². The lowest BCUT2D eigenvalue weighted by molar-refractivity contribution is 0.241. The second-order valence-corrected chi connectivity index (χ2v) is 5.48. The van der Waals surface area contributed by atoms with E-state index in [1.54, 1.807) is 25.1 Å². The van der Waals surface area contributed by atoms with Crippen LogP contribution in [0.1, 0.15) is 37.8 Å². The maximum atomic E-state index is 12.2. The number of hydrogen-bond acceptors (Lipinski definition) is 5. The van der Waals surface area contributed by atoms with Crippen molar-refractivity contribution in [1.29, 1.82) is 5.26 Å². The van der Waals surface area contributed by atoms with Crippen LogP contribution in [0.5, 0.6) is 5.75 Å². The van der Waals surface area contributed by atoms with E-state index < -0.39 is 6.03 Å². The van der Waals surface area contributed by atoms with Crippen LogP contribution in [0.15, 0.2) is 22.7 Å². The van der Waals surface area contributed by atoms with Gasteiger partial charge in [-0.3, -0.25) is 0 Å². The molecule has 0 saturated heterocycles. The highest BCUT2D eigenvalue weighted by atomic mass is 16.5. The molecule has 7 nitrogen and oxygen atoms in total. The van der Waals surface area contributed by atoms with Gasteiger partial charge in [-0.15, -0.1) is 0 Å². The van der Waals surface area contributed by atoms with Gasteiger partial charge >= 0.3 is 6.03 Å². The zero-order valence-corrected chi connectivity index (χ0v) is 14.1. The molecule has 2 rings (SSSR count). The number of rotatable bonds is 5. The van der Waals surface area contributed by atoms with Gasteiger partial charge in [0.1, 0.15) is 23.2 Å². The molecule has 2 N–H and O–H groups in total. The Labute approximate surface area is 140 Å². The monoisotopic (exact) mass is 328 g/mol. The lowest BCUT2D eigenvalue weighted by Crippen LogP contribution is -2.20. The summed E-state index contributed by atoms with van der Waals surface area (Å²) in [5, 5.41) is 18.5. The van der Waals surface area contributed by atoms with Crippen LogP contribution in [-0.4, -0.2) is 17.3 Å². The van der Waals surface area contributed by atoms with Crippen LogP contribution in [0.2, 0.25) is 0 Å². The second-order valence-electron chi connectivity index (χ2n) is 5.48. The van der Waals surface area contributed by atoms with E-state index in [0.29, 0.717) is 40.6 Å². The molecule has 0 atom stereocenters. The molecule has 0 bridgehead atoms. The quantitative estimate of drug-likeness (QED) is 0.868. The predicted octanol–water partition coefficient (Wildman–Crippen LogP) is 3.85. The second kappa shape index (κ2) is 7.51. The van der Waals surface area contributed by atoms with Crippen LogP contribution < -0.4 is 15.4 Å².